The summed E-state index contributed by atoms with van der Waals surface area (Å²) in [4.78, 5) is 11.8. The molecular weight excluding hydrogens is 218 g/mol. The Bertz CT molecular complexity index is 228. The van der Waals surface area contributed by atoms with Gasteiger partial charge in [-0.15, -0.1) is 0 Å². The van der Waals surface area contributed by atoms with Crippen LogP contribution in [0.15, 0.2) is 0 Å². The first-order chi connectivity index (χ1) is 8.13. The molecule has 1 aliphatic rings. The third kappa shape index (κ3) is 5.48. The number of carbonyl (C=O) groups excluding carboxylic acids is 1. The molecule has 0 radical (unpaired) electrons. The molecule has 1 fully saturated rings. The predicted molar refractivity (Wildman–Crippen MR) is 67.5 cm³/mol. The normalized spacial score (nSPS) is 26.5. The third-order valence-corrected chi connectivity index (χ3v) is 3.32. The molecule has 1 saturated carbocycles. The topological polar surface area (TPSA) is 90.4 Å². The predicted octanol–water partition coefficient (Wildman–Crippen LogP) is 0.126. The fourth-order valence-corrected chi connectivity index (χ4v) is 2.15. The van der Waals surface area contributed by atoms with Crippen LogP contribution in [0.1, 0.15) is 38.5 Å². The van der Waals surface area contributed by atoms with Gasteiger partial charge in [-0.1, -0.05) is 0 Å². The molecule has 17 heavy (non-hydrogen) atoms. The van der Waals surface area contributed by atoms with Crippen LogP contribution in [0.4, 0.5) is 0 Å². The van der Waals surface area contributed by atoms with Gasteiger partial charge in [0.25, 0.3) is 0 Å². The second-order valence-corrected chi connectivity index (χ2v) is 4.86. The Morgan fingerprint density at radius 3 is 2.65 bits per heavy atom. The van der Waals surface area contributed by atoms with Crippen molar-refractivity contribution in [2.75, 3.05) is 13.7 Å². The Kier molecular flexibility index (Phi) is 6.47. The van der Waals surface area contributed by atoms with Crippen molar-refractivity contribution in [2.45, 2.75) is 56.7 Å². The van der Waals surface area contributed by atoms with Gasteiger partial charge in [0.05, 0.1) is 6.04 Å². The number of ether oxygens (including phenoxy) is 1. The Morgan fingerprint density at radius 2 is 2.06 bits per heavy atom. The van der Waals surface area contributed by atoms with Crippen LogP contribution in [0.2, 0.25) is 0 Å². The molecular formula is C12H25N3O2. The minimum atomic E-state index is -0.416. The van der Waals surface area contributed by atoms with Gasteiger partial charge in [-0.25, -0.2) is 0 Å². The summed E-state index contributed by atoms with van der Waals surface area (Å²) in [5, 5.41) is 3.01. The molecule has 0 aromatic heterocycles. The Labute approximate surface area is 103 Å². The van der Waals surface area contributed by atoms with E-state index in [0.717, 1.165) is 32.1 Å². The SMILES string of the molecule is COCCCC(N)C(=O)NC1CCC(N)CC1. The van der Waals surface area contributed by atoms with Crippen molar-refractivity contribution >= 4 is 5.91 Å². The lowest BCUT2D eigenvalue weighted by Crippen LogP contribution is -2.47. The van der Waals surface area contributed by atoms with Crippen molar-refractivity contribution < 1.29 is 9.53 Å². The molecule has 0 aromatic carbocycles. The highest BCUT2D eigenvalue weighted by atomic mass is 16.5. The van der Waals surface area contributed by atoms with E-state index < -0.39 is 6.04 Å². The number of amides is 1. The van der Waals surface area contributed by atoms with Gasteiger partial charge < -0.3 is 21.5 Å². The molecule has 1 amide bonds. The monoisotopic (exact) mass is 243 g/mol. The number of nitrogens with two attached hydrogens (primary N) is 2. The van der Waals surface area contributed by atoms with Crippen LogP contribution < -0.4 is 16.8 Å². The van der Waals surface area contributed by atoms with Crippen LogP contribution in [0.5, 0.6) is 0 Å². The van der Waals surface area contributed by atoms with Crippen molar-refractivity contribution in [3.63, 3.8) is 0 Å². The molecule has 0 spiro atoms. The molecule has 5 nitrogen and oxygen atoms in total. The number of carbonyl (C=O) groups is 1. The molecule has 1 atom stereocenters. The Morgan fingerprint density at radius 1 is 1.41 bits per heavy atom. The van der Waals surface area contributed by atoms with Crippen molar-refractivity contribution in [1.82, 2.24) is 5.32 Å². The van der Waals surface area contributed by atoms with Crippen LogP contribution in [0.25, 0.3) is 0 Å². The number of nitrogens with one attached hydrogen (secondary N) is 1. The average Bonchev–Trinajstić information content (AvgIpc) is 2.32. The summed E-state index contributed by atoms with van der Waals surface area (Å²) >= 11 is 0. The van der Waals surface area contributed by atoms with E-state index in [-0.39, 0.29) is 11.9 Å². The van der Waals surface area contributed by atoms with Crippen molar-refractivity contribution in [3.05, 3.63) is 0 Å². The molecule has 1 unspecified atom stereocenters. The molecule has 5 heteroatoms. The Hall–Kier alpha value is -0.650. The van der Waals surface area contributed by atoms with Gasteiger partial charge in [0.15, 0.2) is 0 Å². The fourth-order valence-electron chi connectivity index (χ4n) is 2.15. The summed E-state index contributed by atoms with van der Waals surface area (Å²) in [5.41, 5.74) is 11.6. The lowest BCUT2D eigenvalue weighted by atomic mass is 9.91. The molecule has 0 saturated heterocycles. The lowest BCUT2D eigenvalue weighted by molar-refractivity contribution is -0.123. The maximum Gasteiger partial charge on any atom is 0.237 e. The molecule has 100 valence electrons. The lowest BCUT2D eigenvalue weighted by Gasteiger charge is -2.27. The van der Waals surface area contributed by atoms with Crippen molar-refractivity contribution in [2.24, 2.45) is 11.5 Å². The zero-order valence-electron chi connectivity index (χ0n) is 10.7. The van der Waals surface area contributed by atoms with Gasteiger partial charge >= 0.3 is 0 Å². The van der Waals surface area contributed by atoms with E-state index >= 15 is 0 Å². The fraction of sp³-hybridized carbons (Fsp3) is 0.917. The highest BCUT2D eigenvalue weighted by Crippen LogP contribution is 2.16. The summed E-state index contributed by atoms with van der Waals surface area (Å²) < 4.78 is 4.93. The Balaban J connectivity index is 2.19. The van der Waals surface area contributed by atoms with Gasteiger partial charge in [0.2, 0.25) is 5.91 Å². The van der Waals surface area contributed by atoms with E-state index in [4.69, 9.17) is 16.2 Å². The van der Waals surface area contributed by atoms with Crippen LogP contribution in [0, 0.1) is 0 Å². The number of methoxy groups -OCH3 is 1. The maximum absolute atomic E-state index is 11.8. The average molecular weight is 243 g/mol. The van der Waals surface area contributed by atoms with Gasteiger partial charge in [-0.2, -0.15) is 0 Å². The minimum absolute atomic E-state index is 0.0402. The van der Waals surface area contributed by atoms with Gasteiger partial charge in [0.1, 0.15) is 0 Å². The third-order valence-electron chi connectivity index (χ3n) is 3.32. The summed E-state index contributed by atoms with van der Waals surface area (Å²) in [7, 11) is 1.65. The molecule has 1 aliphatic carbocycles. The number of hydrogen-bond acceptors (Lipinski definition) is 4. The first-order valence-corrected chi connectivity index (χ1v) is 6.44. The van der Waals surface area contributed by atoms with Gasteiger partial charge in [-0.3, -0.25) is 4.79 Å². The smallest absolute Gasteiger partial charge is 0.237 e. The van der Waals surface area contributed by atoms with Crippen molar-refractivity contribution in [3.8, 4) is 0 Å². The van der Waals surface area contributed by atoms with E-state index in [1.54, 1.807) is 7.11 Å². The van der Waals surface area contributed by atoms with E-state index in [9.17, 15) is 4.79 Å². The first kappa shape index (κ1) is 14.4. The van der Waals surface area contributed by atoms with Crippen LogP contribution in [-0.4, -0.2) is 37.7 Å². The van der Waals surface area contributed by atoms with E-state index in [1.807, 2.05) is 0 Å². The van der Waals surface area contributed by atoms with E-state index in [2.05, 4.69) is 5.32 Å². The molecule has 0 aromatic rings. The summed E-state index contributed by atoms with van der Waals surface area (Å²) in [5.74, 6) is -0.0402. The second-order valence-electron chi connectivity index (χ2n) is 4.86. The van der Waals surface area contributed by atoms with E-state index in [1.165, 1.54) is 0 Å². The minimum Gasteiger partial charge on any atom is -0.385 e. The maximum atomic E-state index is 11.8. The van der Waals surface area contributed by atoms with E-state index in [0.29, 0.717) is 19.1 Å². The van der Waals surface area contributed by atoms with Crippen LogP contribution >= 0.6 is 0 Å². The largest absolute Gasteiger partial charge is 0.385 e. The van der Waals surface area contributed by atoms with Crippen LogP contribution in [-0.2, 0) is 9.53 Å². The molecule has 5 N–H and O–H groups in total. The quantitative estimate of drug-likeness (QED) is 0.578. The highest BCUT2D eigenvalue weighted by molar-refractivity contribution is 5.81. The molecule has 1 rings (SSSR count). The van der Waals surface area contributed by atoms with Gasteiger partial charge in [0, 0.05) is 25.8 Å². The molecule has 0 heterocycles. The number of rotatable bonds is 6. The number of hydrogen-bond donors (Lipinski definition) is 3. The van der Waals surface area contributed by atoms with Crippen molar-refractivity contribution in [1.29, 1.82) is 0 Å². The molecule has 0 bridgehead atoms. The highest BCUT2D eigenvalue weighted by Gasteiger charge is 2.22. The first-order valence-electron chi connectivity index (χ1n) is 6.44. The summed E-state index contributed by atoms with van der Waals surface area (Å²) in [6.45, 7) is 0.652. The zero-order chi connectivity index (χ0) is 12.7. The van der Waals surface area contributed by atoms with Crippen LogP contribution in [0.3, 0.4) is 0 Å². The summed E-state index contributed by atoms with van der Waals surface area (Å²) in [6, 6.07) is 0.148. The zero-order valence-corrected chi connectivity index (χ0v) is 10.7. The summed E-state index contributed by atoms with van der Waals surface area (Å²) in [6.07, 6.45) is 5.41. The second kappa shape index (κ2) is 7.63. The standard InChI is InChI=1S/C12H25N3O2/c1-17-8-2-3-11(14)12(16)15-10-6-4-9(13)5-7-10/h9-11H,2-8,13-14H2,1H3,(H,15,16). The van der Waals surface area contributed by atoms with Gasteiger partial charge in [-0.05, 0) is 38.5 Å². The molecule has 0 aliphatic heterocycles.